The third-order valence-electron chi connectivity index (χ3n) is 3.13. The summed E-state index contributed by atoms with van der Waals surface area (Å²) >= 11 is 0. The molecule has 1 rings (SSSR count). The summed E-state index contributed by atoms with van der Waals surface area (Å²) < 4.78 is 22.5. The molecule has 0 aromatic heterocycles. The molecule has 0 radical (unpaired) electrons. The average Bonchev–Trinajstić information content (AvgIpc) is 2.48. The summed E-state index contributed by atoms with van der Waals surface area (Å²) in [6.07, 6.45) is 3.49. The van der Waals surface area contributed by atoms with Crippen LogP contribution in [0.1, 0.15) is 19.3 Å². The van der Waals surface area contributed by atoms with Crippen LogP contribution in [0, 0.1) is 5.41 Å². The van der Waals surface area contributed by atoms with Crippen molar-refractivity contribution in [2.75, 3.05) is 19.3 Å². The zero-order valence-corrected chi connectivity index (χ0v) is 8.81. The molecule has 1 aliphatic rings. The molecule has 1 atom stereocenters. The third-order valence-corrected chi connectivity index (χ3v) is 4.74. The van der Waals surface area contributed by atoms with E-state index in [0.29, 0.717) is 25.9 Å². The second-order valence-electron chi connectivity index (χ2n) is 4.10. The molecule has 13 heavy (non-hydrogen) atoms. The van der Waals surface area contributed by atoms with E-state index in [-0.39, 0.29) is 10.7 Å². The van der Waals surface area contributed by atoms with Gasteiger partial charge in [-0.15, -0.1) is 0 Å². The van der Waals surface area contributed by atoms with Crippen molar-refractivity contribution in [3.05, 3.63) is 0 Å². The first-order chi connectivity index (χ1) is 5.93. The first-order valence-electron chi connectivity index (χ1n) is 4.52. The van der Waals surface area contributed by atoms with Gasteiger partial charge in [0, 0.05) is 6.26 Å². The minimum atomic E-state index is -2.90. The van der Waals surface area contributed by atoms with Crippen LogP contribution in [0.3, 0.4) is 0 Å². The predicted molar refractivity (Wildman–Crippen MR) is 53.0 cm³/mol. The largest absolute Gasteiger partial charge is 0.330 e. The Kier molecular flexibility index (Phi) is 2.99. The molecule has 0 aliphatic heterocycles. The van der Waals surface area contributed by atoms with E-state index in [2.05, 4.69) is 0 Å². The molecule has 0 bridgehead atoms. The Morgan fingerprint density at radius 3 is 2.15 bits per heavy atom. The molecule has 1 fully saturated rings. The van der Waals surface area contributed by atoms with Crippen LogP contribution in [0.25, 0.3) is 0 Å². The van der Waals surface area contributed by atoms with Crippen LogP contribution in [-0.2, 0) is 9.84 Å². The lowest BCUT2D eigenvalue weighted by molar-refractivity contribution is 0.321. The Morgan fingerprint density at radius 1 is 1.38 bits per heavy atom. The van der Waals surface area contributed by atoms with Crippen molar-refractivity contribution in [3.63, 3.8) is 0 Å². The lowest BCUT2D eigenvalue weighted by Crippen LogP contribution is -2.36. The second kappa shape index (κ2) is 3.55. The smallest absolute Gasteiger partial charge is 0.150 e. The van der Waals surface area contributed by atoms with Gasteiger partial charge >= 0.3 is 0 Å². The van der Waals surface area contributed by atoms with E-state index in [4.69, 9.17) is 11.5 Å². The molecule has 1 aliphatic carbocycles. The SMILES string of the molecule is CS(=O)(=O)[C@H]1CCC(CN)(CN)C1. The van der Waals surface area contributed by atoms with Crippen LogP contribution in [0.5, 0.6) is 0 Å². The molecule has 0 heterocycles. The zero-order chi connectivity index (χ0) is 10.1. The van der Waals surface area contributed by atoms with Gasteiger partial charge in [-0.1, -0.05) is 0 Å². The number of sulfone groups is 1. The second-order valence-corrected chi connectivity index (χ2v) is 6.43. The summed E-state index contributed by atoms with van der Waals surface area (Å²) in [5, 5.41) is -0.223. The topological polar surface area (TPSA) is 86.2 Å². The minimum absolute atomic E-state index is 0.117. The van der Waals surface area contributed by atoms with Crippen molar-refractivity contribution < 1.29 is 8.42 Å². The van der Waals surface area contributed by atoms with E-state index in [1.165, 1.54) is 6.26 Å². The normalized spacial score (nSPS) is 27.8. The van der Waals surface area contributed by atoms with Crippen molar-refractivity contribution in [2.24, 2.45) is 16.9 Å². The van der Waals surface area contributed by atoms with Crippen LogP contribution in [-0.4, -0.2) is 33.0 Å². The van der Waals surface area contributed by atoms with Crippen molar-refractivity contribution in [1.82, 2.24) is 0 Å². The fourth-order valence-electron chi connectivity index (χ4n) is 1.97. The molecule has 4 nitrogen and oxygen atoms in total. The van der Waals surface area contributed by atoms with Crippen LogP contribution < -0.4 is 11.5 Å². The summed E-state index contributed by atoms with van der Waals surface area (Å²) in [4.78, 5) is 0. The maximum Gasteiger partial charge on any atom is 0.150 e. The Morgan fingerprint density at radius 2 is 1.92 bits per heavy atom. The lowest BCUT2D eigenvalue weighted by atomic mass is 9.87. The number of hydrogen-bond donors (Lipinski definition) is 2. The Labute approximate surface area is 79.6 Å². The van der Waals surface area contributed by atoms with Gasteiger partial charge < -0.3 is 11.5 Å². The molecule has 4 N–H and O–H groups in total. The van der Waals surface area contributed by atoms with Gasteiger partial charge in [0.1, 0.15) is 9.84 Å². The monoisotopic (exact) mass is 206 g/mol. The predicted octanol–water partition coefficient (Wildman–Crippen LogP) is -0.513. The quantitative estimate of drug-likeness (QED) is 0.651. The van der Waals surface area contributed by atoms with E-state index in [1.807, 2.05) is 0 Å². The first-order valence-corrected chi connectivity index (χ1v) is 6.48. The van der Waals surface area contributed by atoms with Crippen molar-refractivity contribution >= 4 is 9.84 Å². The third kappa shape index (κ3) is 2.21. The zero-order valence-electron chi connectivity index (χ0n) is 7.99. The molecular formula is C8H18N2O2S. The highest BCUT2D eigenvalue weighted by Gasteiger charge is 2.40. The van der Waals surface area contributed by atoms with Gasteiger partial charge in [-0.3, -0.25) is 0 Å². The van der Waals surface area contributed by atoms with Crippen LogP contribution in [0.15, 0.2) is 0 Å². The van der Waals surface area contributed by atoms with E-state index in [1.54, 1.807) is 0 Å². The summed E-state index contributed by atoms with van der Waals surface area (Å²) in [6, 6.07) is 0. The molecule has 78 valence electrons. The van der Waals surface area contributed by atoms with Crippen molar-refractivity contribution in [3.8, 4) is 0 Å². The molecule has 0 saturated heterocycles. The van der Waals surface area contributed by atoms with Gasteiger partial charge in [0.05, 0.1) is 5.25 Å². The van der Waals surface area contributed by atoms with Crippen molar-refractivity contribution in [1.29, 1.82) is 0 Å². The highest BCUT2D eigenvalue weighted by Crippen LogP contribution is 2.39. The fraction of sp³-hybridized carbons (Fsp3) is 1.00. The summed E-state index contributed by atoms with van der Waals surface area (Å²) in [6.45, 7) is 0.991. The summed E-state index contributed by atoms with van der Waals surface area (Å²) in [5.41, 5.74) is 11.1. The molecule has 0 unspecified atom stereocenters. The van der Waals surface area contributed by atoms with E-state index in [9.17, 15) is 8.42 Å². The molecule has 5 heteroatoms. The Hall–Kier alpha value is -0.130. The minimum Gasteiger partial charge on any atom is -0.330 e. The molecule has 0 aromatic rings. The van der Waals surface area contributed by atoms with Gasteiger partial charge in [0.2, 0.25) is 0 Å². The Balaban J connectivity index is 2.73. The lowest BCUT2D eigenvalue weighted by Gasteiger charge is -2.25. The average molecular weight is 206 g/mol. The van der Waals surface area contributed by atoms with Crippen LogP contribution >= 0.6 is 0 Å². The van der Waals surface area contributed by atoms with Gasteiger partial charge in [-0.05, 0) is 37.8 Å². The van der Waals surface area contributed by atoms with Crippen molar-refractivity contribution in [2.45, 2.75) is 24.5 Å². The maximum absolute atomic E-state index is 11.3. The fourth-order valence-corrected chi connectivity index (χ4v) is 3.18. The van der Waals surface area contributed by atoms with Gasteiger partial charge in [0.15, 0.2) is 0 Å². The maximum atomic E-state index is 11.3. The van der Waals surface area contributed by atoms with Gasteiger partial charge in [-0.2, -0.15) is 0 Å². The van der Waals surface area contributed by atoms with Crippen LogP contribution in [0.2, 0.25) is 0 Å². The number of rotatable bonds is 3. The first kappa shape index (κ1) is 10.9. The molecule has 0 aromatic carbocycles. The highest BCUT2D eigenvalue weighted by atomic mass is 32.2. The molecule has 0 amide bonds. The molecule has 0 spiro atoms. The van der Waals surface area contributed by atoms with E-state index < -0.39 is 9.84 Å². The van der Waals surface area contributed by atoms with Gasteiger partial charge in [0.25, 0.3) is 0 Å². The van der Waals surface area contributed by atoms with E-state index in [0.717, 1.165) is 6.42 Å². The number of hydrogen-bond acceptors (Lipinski definition) is 4. The summed E-state index contributed by atoms with van der Waals surface area (Å²) in [5.74, 6) is 0. The molecular weight excluding hydrogens is 188 g/mol. The standard InChI is InChI=1S/C8H18N2O2S/c1-13(11,12)7-2-3-8(4-7,5-9)6-10/h7H,2-6,9-10H2,1H3/t7-/m0/s1. The van der Waals surface area contributed by atoms with E-state index >= 15 is 0 Å². The highest BCUT2D eigenvalue weighted by molar-refractivity contribution is 7.91. The van der Waals surface area contributed by atoms with Crippen LogP contribution in [0.4, 0.5) is 0 Å². The molecule has 1 saturated carbocycles. The summed E-state index contributed by atoms with van der Waals surface area (Å²) in [7, 11) is -2.90. The number of nitrogens with two attached hydrogens (primary N) is 2. The van der Waals surface area contributed by atoms with Gasteiger partial charge in [-0.25, -0.2) is 8.42 Å². The Bertz CT molecular complexity index is 270.